The fourth-order valence-electron chi connectivity index (χ4n) is 0.992. The minimum Gasteiger partial charge on any atom is -0.309 e. The summed E-state index contributed by atoms with van der Waals surface area (Å²) in [4.78, 5) is 10.6. The molecule has 0 aliphatic heterocycles. The lowest BCUT2D eigenvalue weighted by atomic mass is 10.1. The van der Waals surface area contributed by atoms with Gasteiger partial charge in [-0.05, 0) is 13.1 Å². The number of carbonyl (C=O) groups excluding carboxylic acids is 1. The maximum atomic E-state index is 13.2. The molecule has 3 heteroatoms. The Balaban J connectivity index is 3.06. The van der Waals surface area contributed by atoms with Gasteiger partial charge in [0, 0.05) is 5.56 Å². The molecule has 1 rings (SSSR count). The van der Waals surface area contributed by atoms with Gasteiger partial charge in [0.05, 0.1) is 12.1 Å². The molecule has 1 N–H and O–H groups in total. The van der Waals surface area contributed by atoms with Crippen LogP contribution in [0, 0.1) is 17.7 Å². The van der Waals surface area contributed by atoms with Crippen molar-refractivity contribution in [3.8, 4) is 11.8 Å². The van der Waals surface area contributed by atoms with Crippen LogP contribution >= 0.6 is 0 Å². The molecule has 0 aliphatic rings. The summed E-state index contributed by atoms with van der Waals surface area (Å²) in [6.07, 6.45) is 0.604. The first kappa shape index (κ1) is 10.4. The van der Waals surface area contributed by atoms with Crippen LogP contribution in [0.5, 0.6) is 0 Å². The zero-order valence-corrected chi connectivity index (χ0v) is 7.80. The molecule has 1 aromatic carbocycles. The maximum absolute atomic E-state index is 13.2. The van der Waals surface area contributed by atoms with Gasteiger partial charge in [0.25, 0.3) is 0 Å². The summed E-state index contributed by atoms with van der Waals surface area (Å²) < 4.78 is 13.2. The molecule has 0 amide bonds. The highest BCUT2D eigenvalue weighted by molar-refractivity contribution is 5.79. The van der Waals surface area contributed by atoms with Gasteiger partial charge in [-0.25, -0.2) is 4.39 Å². The zero-order valence-electron chi connectivity index (χ0n) is 7.80. The smallest absolute Gasteiger partial charge is 0.151 e. The molecule has 2 nitrogen and oxygen atoms in total. The van der Waals surface area contributed by atoms with E-state index in [1.165, 1.54) is 12.1 Å². The molecule has 0 unspecified atom stereocenters. The molecule has 0 spiro atoms. The topological polar surface area (TPSA) is 29.1 Å². The number of nitrogens with one attached hydrogen (secondary N) is 1. The average molecular weight is 191 g/mol. The van der Waals surface area contributed by atoms with Gasteiger partial charge in [-0.2, -0.15) is 0 Å². The SMILES string of the molecule is CNCC#Cc1c(F)cccc1C=O. The van der Waals surface area contributed by atoms with E-state index in [4.69, 9.17) is 0 Å². The number of rotatable bonds is 2. The molecule has 0 atom stereocenters. The van der Waals surface area contributed by atoms with Crippen LogP contribution in [-0.2, 0) is 0 Å². The Labute approximate surface area is 82.1 Å². The van der Waals surface area contributed by atoms with Crippen LogP contribution in [0.15, 0.2) is 18.2 Å². The van der Waals surface area contributed by atoms with Crippen molar-refractivity contribution in [3.05, 3.63) is 35.1 Å². The number of aldehydes is 1. The third kappa shape index (κ3) is 2.41. The summed E-state index contributed by atoms with van der Waals surface area (Å²) in [6, 6.07) is 4.32. The van der Waals surface area contributed by atoms with Crippen LogP contribution in [0.25, 0.3) is 0 Å². The van der Waals surface area contributed by atoms with Crippen molar-refractivity contribution in [1.82, 2.24) is 5.32 Å². The predicted molar refractivity (Wildman–Crippen MR) is 52.6 cm³/mol. The van der Waals surface area contributed by atoms with Gasteiger partial charge in [0.1, 0.15) is 5.82 Å². The summed E-state index contributed by atoms with van der Waals surface area (Å²) in [7, 11) is 1.75. The largest absolute Gasteiger partial charge is 0.309 e. The summed E-state index contributed by atoms with van der Waals surface area (Å²) in [6.45, 7) is 0.465. The highest BCUT2D eigenvalue weighted by Gasteiger charge is 2.03. The average Bonchev–Trinajstić information content (AvgIpc) is 2.20. The van der Waals surface area contributed by atoms with Crippen molar-refractivity contribution in [2.45, 2.75) is 0 Å². The normalized spacial score (nSPS) is 9.00. The molecule has 72 valence electrons. The fraction of sp³-hybridized carbons (Fsp3) is 0.182. The molecule has 0 fully saturated rings. The molecule has 0 saturated heterocycles. The molecule has 14 heavy (non-hydrogen) atoms. The van der Waals surface area contributed by atoms with Gasteiger partial charge in [-0.3, -0.25) is 4.79 Å². The number of halogens is 1. The van der Waals surface area contributed by atoms with E-state index in [0.717, 1.165) is 0 Å². The lowest BCUT2D eigenvalue weighted by Gasteiger charge is -1.97. The summed E-state index contributed by atoms with van der Waals surface area (Å²) >= 11 is 0. The Bertz CT molecular complexity index is 390. The van der Waals surface area contributed by atoms with E-state index in [1.807, 2.05) is 0 Å². The van der Waals surface area contributed by atoms with E-state index in [9.17, 15) is 9.18 Å². The van der Waals surface area contributed by atoms with Crippen LogP contribution in [0.3, 0.4) is 0 Å². The fourth-order valence-corrected chi connectivity index (χ4v) is 0.992. The van der Waals surface area contributed by atoms with Crippen molar-refractivity contribution < 1.29 is 9.18 Å². The Kier molecular flexibility index (Phi) is 3.84. The highest BCUT2D eigenvalue weighted by Crippen LogP contribution is 2.09. The number of hydrogen-bond acceptors (Lipinski definition) is 2. The Hall–Kier alpha value is -1.66. The molecule has 0 aliphatic carbocycles. The number of carbonyl (C=O) groups is 1. The first-order valence-electron chi connectivity index (χ1n) is 4.16. The number of benzene rings is 1. The van der Waals surface area contributed by atoms with Crippen LogP contribution in [0.1, 0.15) is 15.9 Å². The standard InChI is InChI=1S/C11H10FNO/c1-13-7-3-5-10-9(8-14)4-2-6-11(10)12/h2,4,6,8,13H,7H2,1H3. The van der Waals surface area contributed by atoms with Gasteiger partial charge in [-0.1, -0.05) is 24.0 Å². The molecule has 0 bridgehead atoms. The van der Waals surface area contributed by atoms with Crippen molar-refractivity contribution in [2.24, 2.45) is 0 Å². The van der Waals surface area contributed by atoms with Crippen molar-refractivity contribution >= 4 is 6.29 Å². The van der Waals surface area contributed by atoms with Gasteiger partial charge in [0.2, 0.25) is 0 Å². The Morgan fingerprint density at radius 1 is 1.57 bits per heavy atom. The summed E-state index contributed by atoms with van der Waals surface area (Å²) in [5, 5.41) is 2.81. The maximum Gasteiger partial charge on any atom is 0.151 e. The molecule has 0 saturated carbocycles. The first-order valence-corrected chi connectivity index (χ1v) is 4.16. The van der Waals surface area contributed by atoms with Crippen LogP contribution in [-0.4, -0.2) is 19.9 Å². The van der Waals surface area contributed by atoms with Crippen molar-refractivity contribution in [1.29, 1.82) is 0 Å². The predicted octanol–water partition coefficient (Wildman–Crippen LogP) is 1.21. The summed E-state index contributed by atoms with van der Waals surface area (Å²) in [5.41, 5.74) is 0.450. The third-order valence-corrected chi connectivity index (χ3v) is 1.65. The molecule has 0 aromatic heterocycles. The molecular weight excluding hydrogens is 181 g/mol. The zero-order chi connectivity index (χ0) is 10.4. The van der Waals surface area contributed by atoms with Crippen molar-refractivity contribution in [2.75, 3.05) is 13.6 Å². The second-order valence-electron chi connectivity index (χ2n) is 2.65. The van der Waals surface area contributed by atoms with Crippen LogP contribution < -0.4 is 5.32 Å². The minimum atomic E-state index is -0.460. The van der Waals surface area contributed by atoms with Gasteiger partial charge in [0.15, 0.2) is 6.29 Å². The minimum absolute atomic E-state index is 0.165. The van der Waals surface area contributed by atoms with E-state index in [0.29, 0.717) is 12.8 Å². The summed E-state index contributed by atoms with van der Waals surface area (Å²) in [5.74, 6) is 4.86. The quantitative estimate of drug-likeness (QED) is 0.562. The lowest BCUT2D eigenvalue weighted by Crippen LogP contribution is -2.04. The van der Waals surface area contributed by atoms with Crippen LogP contribution in [0.2, 0.25) is 0 Å². The monoisotopic (exact) mass is 191 g/mol. The first-order chi connectivity index (χ1) is 6.79. The van der Waals surface area contributed by atoms with E-state index in [-0.39, 0.29) is 11.1 Å². The lowest BCUT2D eigenvalue weighted by molar-refractivity contribution is 0.112. The second kappa shape index (κ2) is 5.15. The third-order valence-electron chi connectivity index (χ3n) is 1.65. The van der Waals surface area contributed by atoms with E-state index in [2.05, 4.69) is 17.2 Å². The second-order valence-corrected chi connectivity index (χ2v) is 2.65. The van der Waals surface area contributed by atoms with Gasteiger partial charge >= 0.3 is 0 Å². The molecule has 0 heterocycles. The molecule has 1 aromatic rings. The van der Waals surface area contributed by atoms with E-state index < -0.39 is 5.82 Å². The van der Waals surface area contributed by atoms with Gasteiger partial charge < -0.3 is 5.32 Å². The van der Waals surface area contributed by atoms with E-state index >= 15 is 0 Å². The highest BCUT2D eigenvalue weighted by atomic mass is 19.1. The van der Waals surface area contributed by atoms with Crippen molar-refractivity contribution in [3.63, 3.8) is 0 Å². The number of hydrogen-bond donors (Lipinski definition) is 1. The Morgan fingerprint density at radius 2 is 2.36 bits per heavy atom. The molecular formula is C11H10FNO. The molecule has 0 radical (unpaired) electrons. The Morgan fingerprint density at radius 3 is 3.00 bits per heavy atom. The van der Waals surface area contributed by atoms with E-state index in [1.54, 1.807) is 13.1 Å². The van der Waals surface area contributed by atoms with Crippen LogP contribution in [0.4, 0.5) is 4.39 Å². The van der Waals surface area contributed by atoms with Gasteiger partial charge in [-0.15, -0.1) is 0 Å².